The summed E-state index contributed by atoms with van der Waals surface area (Å²) in [5.41, 5.74) is 4.73. The fourth-order valence-electron chi connectivity index (χ4n) is 3.53. The molecular weight excluding hydrogens is 332 g/mol. The number of aryl methyl sites for hydroxylation is 1. The second-order valence-corrected chi connectivity index (χ2v) is 7.80. The van der Waals surface area contributed by atoms with Crippen LogP contribution in [0.1, 0.15) is 35.4 Å². The fraction of sp³-hybridized carbons (Fsp3) is 0.550. The molecule has 0 radical (unpaired) electrons. The number of nitrogens with zero attached hydrogens (tertiary/aromatic N) is 3. The number of aromatic nitrogens is 2. The van der Waals surface area contributed by atoms with Gasteiger partial charge in [0.2, 0.25) is 0 Å². The van der Waals surface area contributed by atoms with E-state index in [9.17, 15) is 0 Å². The molecule has 1 heterocycles. The fourth-order valence-corrected chi connectivity index (χ4v) is 3.72. The monoisotopic (exact) mass is 360 g/mol. The first-order chi connectivity index (χ1) is 12.0. The van der Waals surface area contributed by atoms with E-state index >= 15 is 0 Å². The van der Waals surface area contributed by atoms with E-state index in [0.29, 0.717) is 6.04 Å². The first kappa shape index (κ1) is 18.4. The van der Waals surface area contributed by atoms with Crippen molar-refractivity contribution in [3.63, 3.8) is 0 Å². The summed E-state index contributed by atoms with van der Waals surface area (Å²) in [5, 5.41) is 9.19. The Labute approximate surface area is 156 Å². The van der Waals surface area contributed by atoms with Crippen molar-refractivity contribution in [3.8, 4) is 0 Å². The van der Waals surface area contributed by atoms with Crippen LogP contribution in [0.3, 0.4) is 0 Å². The van der Waals surface area contributed by atoms with E-state index in [1.807, 2.05) is 18.2 Å². The molecule has 136 valence electrons. The van der Waals surface area contributed by atoms with Crippen molar-refractivity contribution in [1.29, 1.82) is 0 Å². The maximum absolute atomic E-state index is 6.30. The molecule has 2 aromatic rings. The summed E-state index contributed by atoms with van der Waals surface area (Å²) in [6, 6.07) is 8.62. The number of hydrogen-bond acceptors (Lipinski definition) is 3. The number of halogens is 1. The first-order valence-electron chi connectivity index (χ1n) is 9.10. The molecule has 0 bridgehead atoms. The molecule has 1 N–H and O–H groups in total. The molecular formula is C20H29ClN4. The third kappa shape index (κ3) is 4.43. The van der Waals surface area contributed by atoms with E-state index in [1.54, 1.807) is 0 Å². The van der Waals surface area contributed by atoms with E-state index in [4.69, 9.17) is 16.7 Å². The third-order valence-electron chi connectivity index (χ3n) is 5.29. The normalized spacial score (nSPS) is 15.8. The average Bonchev–Trinajstić information content (AvgIpc) is 3.36. The van der Waals surface area contributed by atoms with E-state index in [2.05, 4.69) is 48.9 Å². The van der Waals surface area contributed by atoms with Gasteiger partial charge in [-0.15, -0.1) is 0 Å². The van der Waals surface area contributed by atoms with Crippen LogP contribution in [0.15, 0.2) is 24.3 Å². The van der Waals surface area contributed by atoms with Crippen LogP contribution in [0.4, 0.5) is 0 Å². The minimum absolute atomic E-state index is 0.638. The Morgan fingerprint density at radius 1 is 1.28 bits per heavy atom. The first-order valence-corrected chi connectivity index (χ1v) is 9.48. The molecule has 1 fully saturated rings. The van der Waals surface area contributed by atoms with Crippen LogP contribution in [0, 0.1) is 19.8 Å². The van der Waals surface area contributed by atoms with Crippen molar-refractivity contribution in [2.45, 2.75) is 45.8 Å². The Morgan fingerprint density at radius 3 is 2.64 bits per heavy atom. The van der Waals surface area contributed by atoms with Gasteiger partial charge in [0.1, 0.15) is 0 Å². The van der Waals surface area contributed by atoms with Crippen LogP contribution < -0.4 is 5.32 Å². The van der Waals surface area contributed by atoms with E-state index in [1.165, 1.54) is 24.1 Å². The van der Waals surface area contributed by atoms with Crippen LogP contribution >= 0.6 is 11.6 Å². The molecule has 1 aromatic heterocycles. The van der Waals surface area contributed by atoms with Crippen LogP contribution in [0.5, 0.6) is 0 Å². The molecule has 4 nitrogen and oxygen atoms in total. The largest absolute Gasteiger partial charge is 0.311 e. The highest BCUT2D eigenvalue weighted by Crippen LogP contribution is 2.34. The minimum Gasteiger partial charge on any atom is -0.311 e. The highest BCUT2D eigenvalue weighted by molar-refractivity contribution is 6.31. The van der Waals surface area contributed by atoms with Gasteiger partial charge in [-0.25, -0.2) is 0 Å². The van der Waals surface area contributed by atoms with Gasteiger partial charge in [-0.2, -0.15) is 5.10 Å². The Kier molecular flexibility index (Phi) is 5.82. The molecule has 0 spiro atoms. The van der Waals surface area contributed by atoms with Crippen molar-refractivity contribution in [2.75, 3.05) is 20.6 Å². The molecule has 5 heteroatoms. The summed E-state index contributed by atoms with van der Waals surface area (Å²) in [5.74, 6) is 0.868. The van der Waals surface area contributed by atoms with Crippen LogP contribution in [-0.2, 0) is 13.1 Å². The van der Waals surface area contributed by atoms with Gasteiger partial charge in [-0.1, -0.05) is 29.8 Å². The lowest BCUT2D eigenvalue weighted by atomic mass is 10.1. The number of benzene rings is 1. The van der Waals surface area contributed by atoms with Gasteiger partial charge in [-0.3, -0.25) is 4.68 Å². The van der Waals surface area contributed by atoms with E-state index in [0.717, 1.165) is 41.8 Å². The SMILES string of the molecule is Cc1nn(Cc2ccccc2Cl)c(C)c1CNCC(C1CC1)N(C)C. The summed E-state index contributed by atoms with van der Waals surface area (Å²) in [6.45, 7) is 6.87. The second kappa shape index (κ2) is 7.90. The lowest BCUT2D eigenvalue weighted by molar-refractivity contribution is 0.255. The minimum atomic E-state index is 0.638. The average molecular weight is 361 g/mol. The Balaban J connectivity index is 1.64. The smallest absolute Gasteiger partial charge is 0.0677 e. The van der Waals surface area contributed by atoms with Crippen LogP contribution in [-0.4, -0.2) is 41.4 Å². The topological polar surface area (TPSA) is 33.1 Å². The predicted molar refractivity (Wildman–Crippen MR) is 104 cm³/mol. The Bertz CT molecular complexity index is 716. The van der Waals surface area contributed by atoms with Crippen molar-refractivity contribution >= 4 is 11.6 Å². The van der Waals surface area contributed by atoms with Crippen molar-refractivity contribution in [2.24, 2.45) is 5.92 Å². The molecule has 1 saturated carbocycles. The summed E-state index contributed by atoms with van der Waals surface area (Å²) in [6.07, 6.45) is 2.75. The van der Waals surface area contributed by atoms with Crippen LogP contribution in [0.25, 0.3) is 0 Å². The predicted octanol–water partition coefficient (Wildman–Crippen LogP) is 3.63. The number of nitrogens with one attached hydrogen (secondary N) is 1. The number of hydrogen-bond donors (Lipinski definition) is 1. The van der Waals surface area contributed by atoms with Gasteiger partial charge in [-0.05, 0) is 58.3 Å². The molecule has 1 unspecified atom stereocenters. The molecule has 0 aliphatic heterocycles. The maximum Gasteiger partial charge on any atom is 0.0677 e. The molecule has 3 rings (SSSR count). The highest BCUT2D eigenvalue weighted by Gasteiger charge is 2.32. The second-order valence-electron chi connectivity index (χ2n) is 7.40. The Morgan fingerprint density at radius 2 is 2.00 bits per heavy atom. The van der Waals surface area contributed by atoms with Crippen LogP contribution in [0.2, 0.25) is 5.02 Å². The highest BCUT2D eigenvalue weighted by atomic mass is 35.5. The zero-order valence-electron chi connectivity index (χ0n) is 15.7. The summed E-state index contributed by atoms with van der Waals surface area (Å²) in [7, 11) is 4.37. The molecule has 1 aliphatic rings. The molecule has 25 heavy (non-hydrogen) atoms. The molecule has 1 aromatic carbocycles. The zero-order valence-corrected chi connectivity index (χ0v) is 16.5. The van der Waals surface area contributed by atoms with Gasteiger partial charge in [0.15, 0.2) is 0 Å². The van der Waals surface area contributed by atoms with Crippen molar-refractivity contribution < 1.29 is 0 Å². The van der Waals surface area contributed by atoms with Crippen molar-refractivity contribution in [3.05, 3.63) is 51.8 Å². The molecule has 1 atom stereocenters. The molecule has 0 saturated heterocycles. The standard InChI is InChI=1S/C20H29ClN4/c1-14-18(11-22-12-20(24(3)4)16-9-10-16)15(2)25(23-14)13-17-7-5-6-8-19(17)21/h5-8,16,20,22H,9-13H2,1-4H3. The van der Waals surface area contributed by atoms with Gasteiger partial charge >= 0.3 is 0 Å². The van der Waals surface area contributed by atoms with Gasteiger partial charge in [0.05, 0.1) is 12.2 Å². The van der Waals surface area contributed by atoms with Crippen molar-refractivity contribution in [1.82, 2.24) is 20.0 Å². The van der Waals surface area contributed by atoms with Gasteiger partial charge in [0, 0.05) is 35.4 Å². The van der Waals surface area contributed by atoms with Gasteiger partial charge < -0.3 is 10.2 Å². The van der Waals surface area contributed by atoms with E-state index < -0.39 is 0 Å². The lowest BCUT2D eigenvalue weighted by Gasteiger charge is -2.24. The lowest BCUT2D eigenvalue weighted by Crippen LogP contribution is -2.39. The third-order valence-corrected chi connectivity index (χ3v) is 5.66. The Hall–Kier alpha value is -1.36. The summed E-state index contributed by atoms with van der Waals surface area (Å²) in [4.78, 5) is 2.35. The molecule has 0 amide bonds. The zero-order chi connectivity index (χ0) is 18.0. The summed E-state index contributed by atoms with van der Waals surface area (Å²) >= 11 is 6.30. The quantitative estimate of drug-likeness (QED) is 0.780. The maximum atomic E-state index is 6.30. The van der Waals surface area contributed by atoms with Gasteiger partial charge in [0.25, 0.3) is 0 Å². The summed E-state index contributed by atoms with van der Waals surface area (Å²) < 4.78 is 2.07. The number of rotatable bonds is 8. The number of likely N-dealkylation sites (N-methyl/N-ethyl adjacent to an activating group) is 1. The molecule has 1 aliphatic carbocycles. The van der Waals surface area contributed by atoms with E-state index in [-0.39, 0.29) is 0 Å².